The highest BCUT2D eigenvalue weighted by atomic mass is 32.1. The number of rotatable bonds is 3. The zero-order valence-electron chi connectivity index (χ0n) is 14.9. The maximum Gasteiger partial charge on any atom is 0.270 e. The number of nitrogens with zero attached hydrogens (tertiary/aromatic N) is 2. The number of oxime groups is 1. The largest absolute Gasteiger partial charge is 0.382 e. The summed E-state index contributed by atoms with van der Waals surface area (Å²) in [4.78, 5) is 35.0. The summed E-state index contributed by atoms with van der Waals surface area (Å²) in [6.45, 7) is 4.06. The molecule has 1 atom stereocenters. The molecule has 2 aliphatic rings. The van der Waals surface area contributed by atoms with Crippen LogP contribution in [0.2, 0.25) is 0 Å². The van der Waals surface area contributed by atoms with Crippen LogP contribution in [0.15, 0.2) is 29.4 Å². The van der Waals surface area contributed by atoms with E-state index in [4.69, 9.17) is 4.84 Å². The summed E-state index contributed by atoms with van der Waals surface area (Å²) < 4.78 is 13.4. The lowest BCUT2D eigenvalue weighted by Gasteiger charge is -2.26. The van der Waals surface area contributed by atoms with Crippen LogP contribution in [0.4, 0.5) is 9.52 Å². The number of anilines is 1. The standard InChI is InChI=1S/C19H18FN3O3S/c1-19(2)8-13-16(14(24)9-19)27-18(21-13)22-17(25)15-7-12(23-26-15)10-4-3-5-11(20)6-10/h3-6,15H,7-9H2,1-2H3,(H,21,22,25)/t15-/m0/s1. The fourth-order valence-corrected chi connectivity index (χ4v) is 4.24. The van der Waals surface area contributed by atoms with Crippen LogP contribution in [-0.4, -0.2) is 28.5 Å². The predicted octanol–water partition coefficient (Wildman–Crippen LogP) is 3.57. The predicted molar refractivity (Wildman–Crippen MR) is 99.6 cm³/mol. The number of halogens is 1. The summed E-state index contributed by atoms with van der Waals surface area (Å²) in [5.74, 6) is -0.694. The second-order valence-corrected chi connectivity index (χ2v) is 8.57. The molecule has 6 nitrogen and oxygen atoms in total. The van der Waals surface area contributed by atoms with Crippen LogP contribution in [0.1, 0.15) is 47.6 Å². The average Bonchev–Trinajstić information content (AvgIpc) is 3.21. The molecule has 0 unspecified atom stereocenters. The molecule has 1 aromatic carbocycles. The number of hydrogen-bond donors (Lipinski definition) is 1. The Morgan fingerprint density at radius 3 is 2.96 bits per heavy atom. The molecule has 1 aromatic heterocycles. The first kappa shape index (κ1) is 17.8. The average molecular weight is 387 g/mol. The first-order valence-electron chi connectivity index (χ1n) is 8.63. The highest BCUT2D eigenvalue weighted by Crippen LogP contribution is 2.38. The van der Waals surface area contributed by atoms with E-state index in [1.54, 1.807) is 12.1 Å². The third kappa shape index (κ3) is 3.62. The summed E-state index contributed by atoms with van der Waals surface area (Å²) in [7, 11) is 0. The van der Waals surface area contributed by atoms with Crippen LogP contribution in [-0.2, 0) is 16.1 Å². The maximum absolute atomic E-state index is 13.4. The Balaban J connectivity index is 1.43. The summed E-state index contributed by atoms with van der Waals surface area (Å²) >= 11 is 1.20. The lowest BCUT2D eigenvalue weighted by atomic mass is 9.78. The number of thiazole rings is 1. The number of carbonyl (C=O) groups excluding carboxylic acids is 2. The molecule has 0 fully saturated rings. The number of hydrogen-bond acceptors (Lipinski definition) is 6. The van der Waals surface area contributed by atoms with Gasteiger partial charge in [0.05, 0.1) is 16.3 Å². The van der Waals surface area contributed by atoms with Gasteiger partial charge < -0.3 is 4.84 Å². The number of aromatic nitrogens is 1. The van der Waals surface area contributed by atoms with E-state index in [2.05, 4.69) is 15.5 Å². The Hall–Kier alpha value is -2.61. The van der Waals surface area contributed by atoms with E-state index in [0.717, 1.165) is 5.69 Å². The monoisotopic (exact) mass is 387 g/mol. The van der Waals surface area contributed by atoms with E-state index in [0.29, 0.717) is 34.1 Å². The minimum atomic E-state index is -0.809. The number of nitrogens with one attached hydrogen (secondary N) is 1. The summed E-state index contributed by atoms with van der Waals surface area (Å²) in [6, 6.07) is 5.99. The van der Waals surface area contributed by atoms with Gasteiger partial charge in [-0.05, 0) is 24.0 Å². The molecule has 1 aliphatic carbocycles. The Kier molecular flexibility index (Phi) is 4.30. The highest BCUT2D eigenvalue weighted by molar-refractivity contribution is 7.17. The van der Waals surface area contributed by atoms with Gasteiger partial charge in [-0.15, -0.1) is 0 Å². The fraction of sp³-hybridized carbons (Fsp3) is 0.368. The molecule has 2 aromatic rings. The van der Waals surface area contributed by atoms with Crippen molar-refractivity contribution in [2.24, 2.45) is 10.6 Å². The molecular formula is C19H18FN3O3S. The molecule has 0 radical (unpaired) electrons. The van der Waals surface area contributed by atoms with Crippen LogP contribution >= 0.6 is 11.3 Å². The number of benzene rings is 1. The van der Waals surface area contributed by atoms with Crippen molar-refractivity contribution < 1.29 is 18.8 Å². The van der Waals surface area contributed by atoms with Gasteiger partial charge in [-0.2, -0.15) is 0 Å². The van der Waals surface area contributed by atoms with Gasteiger partial charge in [0.2, 0.25) is 6.10 Å². The third-order valence-electron chi connectivity index (χ3n) is 4.58. The van der Waals surface area contributed by atoms with Crippen LogP contribution in [0.5, 0.6) is 0 Å². The van der Waals surface area contributed by atoms with Gasteiger partial charge in [0, 0.05) is 18.4 Å². The SMILES string of the molecule is CC1(C)CC(=O)c2sc(NC(=O)[C@@H]3CC(c4cccc(F)c4)=NO3)nc2C1. The minimum absolute atomic E-state index is 0.0630. The molecule has 27 heavy (non-hydrogen) atoms. The number of ketones is 1. The van der Waals surface area contributed by atoms with Crippen LogP contribution in [0.25, 0.3) is 0 Å². The van der Waals surface area contributed by atoms with Crippen molar-refractivity contribution in [3.63, 3.8) is 0 Å². The van der Waals surface area contributed by atoms with Crippen molar-refractivity contribution in [2.45, 2.75) is 39.2 Å². The fourth-order valence-electron chi connectivity index (χ4n) is 3.32. The zero-order chi connectivity index (χ0) is 19.2. The second-order valence-electron chi connectivity index (χ2n) is 7.57. The lowest BCUT2D eigenvalue weighted by Crippen LogP contribution is -2.28. The van der Waals surface area contributed by atoms with Gasteiger partial charge in [-0.1, -0.05) is 42.5 Å². The van der Waals surface area contributed by atoms with Crippen molar-refractivity contribution in [3.8, 4) is 0 Å². The molecule has 1 amide bonds. The smallest absolute Gasteiger partial charge is 0.270 e. The zero-order valence-corrected chi connectivity index (χ0v) is 15.7. The highest BCUT2D eigenvalue weighted by Gasteiger charge is 2.35. The van der Waals surface area contributed by atoms with Gasteiger partial charge >= 0.3 is 0 Å². The topological polar surface area (TPSA) is 80.7 Å². The minimum Gasteiger partial charge on any atom is -0.382 e. The van der Waals surface area contributed by atoms with Gasteiger partial charge in [0.1, 0.15) is 5.82 Å². The van der Waals surface area contributed by atoms with Crippen molar-refractivity contribution in [1.82, 2.24) is 4.98 Å². The van der Waals surface area contributed by atoms with Gasteiger partial charge in [0.25, 0.3) is 5.91 Å². The number of carbonyl (C=O) groups is 2. The van der Waals surface area contributed by atoms with E-state index in [-0.39, 0.29) is 29.3 Å². The maximum atomic E-state index is 13.4. The molecule has 8 heteroatoms. The lowest BCUT2D eigenvalue weighted by molar-refractivity contribution is -0.125. The molecule has 1 aliphatic heterocycles. The van der Waals surface area contributed by atoms with Gasteiger partial charge in [-0.3, -0.25) is 14.9 Å². The number of amides is 1. The Morgan fingerprint density at radius 2 is 2.19 bits per heavy atom. The van der Waals surface area contributed by atoms with Crippen molar-refractivity contribution in [3.05, 3.63) is 46.2 Å². The summed E-state index contributed by atoms with van der Waals surface area (Å²) in [5, 5.41) is 7.01. The van der Waals surface area contributed by atoms with Crippen LogP contribution < -0.4 is 5.32 Å². The van der Waals surface area contributed by atoms with E-state index in [1.807, 2.05) is 13.8 Å². The number of Topliss-reactive ketones (excluding diaryl/α,β-unsaturated/α-hetero) is 1. The second kappa shape index (κ2) is 6.53. The molecule has 0 saturated heterocycles. The van der Waals surface area contributed by atoms with Crippen LogP contribution in [0.3, 0.4) is 0 Å². The third-order valence-corrected chi connectivity index (χ3v) is 5.64. The van der Waals surface area contributed by atoms with Crippen molar-refractivity contribution >= 4 is 33.9 Å². The molecule has 0 spiro atoms. The molecular weight excluding hydrogens is 369 g/mol. The number of fused-ring (bicyclic) bond motifs is 1. The molecule has 0 bridgehead atoms. The van der Waals surface area contributed by atoms with E-state index in [1.165, 1.54) is 23.5 Å². The first-order chi connectivity index (χ1) is 12.8. The normalized spacial score (nSPS) is 20.6. The van der Waals surface area contributed by atoms with Gasteiger partial charge in [0.15, 0.2) is 10.9 Å². The molecule has 1 N–H and O–H groups in total. The Labute approximate surface area is 159 Å². The van der Waals surface area contributed by atoms with E-state index >= 15 is 0 Å². The van der Waals surface area contributed by atoms with Crippen molar-refractivity contribution in [2.75, 3.05) is 5.32 Å². The van der Waals surface area contributed by atoms with Crippen molar-refractivity contribution in [1.29, 1.82) is 0 Å². The summed E-state index contributed by atoms with van der Waals surface area (Å²) in [5.41, 5.74) is 1.72. The molecule has 2 heterocycles. The molecule has 0 saturated carbocycles. The quantitative estimate of drug-likeness (QED) is 0.873. The van der Waals surface area contributed by atoms with E-state index < -0.39 is 6.10 Å². The van der Waals surface area contributed by atoms with Gasteiger partial charge in [-0.25, -0.2) is 9.37 Å². The molecule has 140 valence electrons. The van der Waals surface area contributed by atoms with Crippen LogP contribution in [0, 0.1) is 11.2 Å². The van der Waals surface area contributed by atoms with E-state index in [9.17, 15) is 14.0 Å². The first-order valence-corrected chi connectivity index (χ1v) is 9.45. The Bertz CT molecular complexity index is 967. The summed E-state index contributed by atoms with van der Waals surface area (Å²) in [6.07, 6.45) is 0.613. The molecule has 4 rings (SSSR count). The Morgan fingerprint density at radius 1 is 1.37 bits per heavy atom.